The van der Waals surface area contributed by atoms with E-state index < -0.39 is 0 Å². The first-order valence-corrected chi connectivity index (χ1v) is 7.25. The number of nitrogens with one attached hydrogen (secondary N) is 1. The molecule has 1 saturated heterocycles. The number of likely N-dealkylation sites (N-methyl/N-ethyl adjacent to an activating group) is 3. The van der Waals surface area contributed by atoms with E-state index in [-0.39, 0.29) is 0 Å². The number of likely N-dealkylation sites (tertiary alicyclic amines) is 1. The monoisotopic (exact) mass is 241 g/mol. The van der Waals surface area contributed by atoms with Crippen LogP contribution in [0.2, 0.25) is 0 Å². The van der Waals surface area contributed by atoms with Gasteiger partial charge in [-0.05, 0) is 53.4 Å². The highest BCUT2D eigenvalue weighted by molar-refractivity contribution is 4.84. The van der Waals surface area contributed by atoms with Crippen LogP contribution < -0.4 is 5.32 Å². The third-order valence-corrected chi connectivity index (χ3v) is 4.49. The minimum Gasteiger partial charge on any atom is -0.315 e. The Morgan fingerprint density at radius 3 is 2.65 bits per heavy atom. The van der Waals surface area contributed by atoms with Crippen molar-refractivity contribution in [3.63, 3.8) is 0 Å². The maximum atomic E-state index is 3.43. The van der Waals surface area contributed by atoms with Crippen LogP contribution in [0.5, 0.6) is 0 Å². The van der Waals surface area contributed by atoms with Gasteiger partial charge in [0.1, 0.15) is 0 Å². The molecule has 1 fully saturated rings. The van der Waals surface area contributed by atoms with Gasteiger partial charge in [-0.2, -0.15) is 0 Å². The number of rotatable bonds is 7. The zero-order valence-corrected chi connectivity index (χ0v) is 12.4. The fourth-order valence-corrected chi connectivity index (χ4v) is 3.11. The van der Waals surface area contributed by atoms with Crippen molar-refractivity contribution in [2.75, 3.05) is 33.7 Å². The molecule has 0 aromatic rings. The molecule has 0 aliphatic carbocycles. The van der Waals surface area contributed by atoms with Gasteiger partial charge in [0, 0.05) is 24.7 Å². The largest absolute Gasteiger partial charge is 0.315 e. The minimum atomic E-state index is 0.608. The SMILES string of the molecule is CCC(NC)C(C)N(C)CC1CCCN1CC. The number of hydrogen-bond acceptors (Lipinski definition) is 3. The highest BCUT2D eigenvalue weighted by atomic mass is 15.2. The van der Waals surface area contributed by atoms with Crippen LogP contribution in [0.25, 0.3) is 0 Å². The zero-order valence-electron chi connectivity index (χ0n) is 12.4. The second-order valence-electron chi connectivity index (χ2n) is 5.41. The Morgan fingerprint density at radius 1 is 1.41 bits per heavy atom. The first kappa shape index (κ1) is 14.9. The molecular weight excluding hydrogens is 210 g/mol. The lowest BCUT2D eigenvalue weighted by atomic mass is 10.1. The summed E-state index contributed by atoms with van der Waals surface area (Å²) in [4.78, 5) is 5.16. The van der Waals surface area contributed by atoms with E-state index in [2.05, 4.69) is 50.0 Å². The van der Waals surface area contributed by atoms with Crippen molar-refractivity contribution in [2.45, 2.75) is 58.2 Å². The Kier molecular flexibility index (Phi) is 6.45. The van der Waals surface area contributed by atoms with E-state index in [9.17, 15) is 0 Å². The topological polar surface area (TPSA) is 18.5 Å². The van der Waals surface area contributed by atoms with Crippen molar-refractivity contribution in [3.8, 4) is 0 Å². The quantitative estimate of drug-likeness (QED) is 0.733. The summed E-state index contributed by atoms with van der Waals surface area (Å²) < 4.78 is 0. The molecule has 1 heterocycles. The molecule has 0 aromatic heterocycles. The van der Waals surface area contributed by atoms with Gasteiger partial charge >= 0.3 is 0 Å². The Balaban J connectivity index is 2.44. The van der Waals surface area contributed by atoms with E-state index in [4.69, 9.17) is 0 Å². The van der Waals surface area contributed by atoms with Crippen molar-refractivity contribution >= 4 is 0 Å². The van der Waals surface area contributed by atoms with Gasteiger partial charge in [0.2, 0.25) is 0 Å². The van der Waals surface area contributed by atoms with Crippen LogP contribution in [0.15, 0.2) is 0 Å². The van der Waals surface area contributed by atoms with Gasteiger partial charge in [-0.3, -0.25) is 4.90 Å². The van der Waals surface area contributed by atoms with Gasteiger partial charge < -0.3 is 10.2 Å². The molecule has 0 saturated carbocycles. The van der Waals surface area contributed by atoms with Gasteiger partial charge in [0.05, 0.1) is 0 Å². The minimum absolute atomic E-state index is 0.608. The Hall–Kier alpha value is -0.120. The van der Waals surface area contributed by atoms with Gasteiger partial charge in [0.15, 0.2) is 0 Å². The molecule has 1 rings (SSSR count). The van der Waals surface area contributed by atoms with Crippen molar-refractivity contribution in [1.82, 2.24) is 15.1 Å². The molecule has 0 bridgehead atoms. The summed E-state index contributed by atoms with van der Waals surface area (Å²) in [5.41, 5.74) is 0. The first-order chi connectivity index (χ1) is 8.13. The molecule has 1 aliphatic heterocycles. The third kappa shape index (κ3) is 3.94. The Bertz CT molecular complexity index is 204. The van der Waals surface area contributed by atoms with Gasteiger partial charge in [-0.15, -0.1) is 0 Å². The molecule has 0 amide bonds. The normalized spacial score (nSPS) is 25.4. The molecule has 17 heavy (non-hydrogen) atoms. The smallest absolute Gasteiger partial charge is 0.0223 e. The van der Waals surface area contributed by atoms with Crippen molar-refractivity contribution in [2.24, 2.45) is 0 Å². The molecule has 0 aromatic carbocycles. The van der Waals surface area contributed by atoms with Gasteiger partial charge in [0.25, 0.3) is 0 Å². The van der Waals surface area contributed by atoms with Crippen molar-refractivity contribution in [3.05, 3.63) is 0 Å². The van der Waals surface area contributed by atoms with Crippen LogP contribution in [-0.2, 0) is 0 Å². The van der Waals surface area contributed by atoms with Gasteiger partial charge in [-0.1, -0.05) is 13.8 Å². The lowest BCUT2D eigenvalue weighted by Crippen LogP contribution is -2.49. The summed E-state index contributed by atoms with van der Waals surface area (Å²) in [5.74, 6) is 0. The number of nitrogens with zero attached hydrogens (tertiary/aromatic N) is 2. The molecule has 3 unspecified atom stereocenters. The van der Waals surface area contributed by atoms with Crippen LogP contribution in [0.4, 0.5) is 0 Å². The summed E-state index contributed by atoms with van der Waals surface area (Å²) >= 11 is 0. The third-order valence-electron chi connectivity index (χ3n) is 4.49. The highest BCUT2D eigenvalue weighted by Crippen LogP contribution is 2.18. The molecule has 0 spiro atoms. The number of hydrogen-bond donors (Lipinski definition) is 1. The second kappa shape index (κ2) is 7.34. The van der Waals surface area contributed by atoms with Crippen LogP contribution in [0.3, 0.4) is 0 Å². The standard InChI is InChI=1S/C14H31N3/c1-6-14(15-4)12(3)16(5)11-13-9-8-10-17(13)7-2/h12-15H,6-11H2,1-5H3. The Labute approximate surface area is 108 Å². The summed E-state index contributed by atoms with van der Waals surface area (Å²) in [6.07, 6.45) is 3.95. The van der Waals surface area contributed by atoms with Crippen molar-refractivity contribution in [1.29, 1.82) is 0 Å². The van der Waals surface area contributed by atoms with Crippen LogP contribution in [-0.4, -0.2) is 61.7 Å². The first-order valence-electron chi connectivity index (χ1n) is 7.25. The molecule has 1 N–H and O–H groups in total. The summed E-state index contributed by atoms with van der Waals surface area (Å²) in [7, 11) is 4.35. The van der Waals surface area contributed by atoms with Crippen molar-refractivity contribution < 1.29 is 0 Å². The summed E-state index contributed by atoms with van der Waals surface area (Å²) in [6.45, 7) is 10.6. The average molecular weight is 241 g/mol. The molecule has 102 valence electrons. The maximum Gasteiger partial charge on any atom is 0.0223 e. The lowest BCUT2D eigenvalue weighted by molar-refractivity contribution is 0.148. The second-order valence-corrected chi connectivity index (χ2v) is 5.41. The molecule has 3 nitrogen and oxygen atoms in total. The van der Waals surface area contributed by atoms with Crippen LogP contribution in [0.1, 0.15) is 40.0 Å². The molecule has 0 radical (unpaired) electrons. The maximum absolute atomic E-state index is 3.43. The Morgan fingerprint density at radius 2 is 2.12 bits per heavy atom. The van der Waals surface area contributed by atoms with E-state index in [1.807, 2.05) is 0 Å². The predicted molar refractivity (Wildman–Crippen MR) is 75.5 cm³/mol. The van der Waals surface area contributed by atoms with Crippen LogP contribution in [0, 0.1) is 0 Å². The van der Waals surface area contributed by atoms with E-state index in [0.29, 0.717) is 12.1 Å². The van der Waals surface area contributed by atoms with E-state index >= 15 is 0 Å². The van der Waals surface area contributed by atoms with E-state index in [1.54, 1.807) is 0 Å². The van der Waals surface area contributed by atoms with Crippen LogP contribution >= 0.6 is 0 Å². The van der Waals surface area contributed by atoms with E-state index in [1.165, 1.54) is 38.9 Å². The molecule has 3 atom stereocenters. The van der Waals surface area contributed by atoms with Gasteiger partial charge in [-0.25, -0.2) is 0 Å². The fourth-order valence-electron chi connectivity index (χ4n) is 3.11. The zero-order chi connectivity index (χ0) is 12.8. The molecular formula is C14H31N3. The predicted octanol–water partition coefficient (Wildman–Crippen LogP) is 1.79. The molecule has 3 heteroatoms. The summed E-state index contributed by atoms with van der Waals surface area (Å²) in [6, 6.07) is 2.00. The fraction of sp³-hybridized carbons (Fsp3) is 1.00. The van der Waals surface area contributed by atoms with E-state index in [0.717, 1.165) is 6.04 Å². The highest BCUT2D eigenvalue weighted by Gasteiger charge is 2.26. The average Bonchev–Trinajstić information content (AvgIpc) is 2.77. The lowest BCUT2D eigenvalue weighted by Gasteiger charge is -2.35. The molecule has 1 aliphatic rings. The summed E-state index contributed by atoms with van der Waals surface area (Å²) in [5, 5.41) is 3.43.